The topological polar surface area (TPSA) is 52.2 Å². The Morgan fingerprint density at radius 2 is 1.49 bits per heavy atom. The molecule has 5 rings (SSSR count). The van der Waals surface area contributed by atoms with E-state index in [2.05, 4.69) is 9.88 Å². The van der Waals surface area contributed by atoms with Gasteiger partial charge in [0, 0.05) is 37.3 Å². The molecule has 0 bridgehead atoms. The number of nitrogens with zero attached hydrogens (tertiary/aromatic N) is 3. The maximum atomic E-state index is 14.0. The molecule has 3 aromatic carbocycles. The Morgan fingerprint density at radius 3 is 2.17 bits per heavy atom. The minimum atomic E-state index is -0.523. The van der Waals surface area contributed by atoms with Gasteiger partial charge >= 0.3 is 0 Å². The molecule has 0 saturated carbocycles. The third-order valence-corrected chi connectivity index (χ3v) is 6.10. The predicted octanol–water partition coefficient (Wildman–Crippen LogP) is 5.12. The Hall–Kier alpha value is -3.91. The third-order valence-electron chi connectivity index (χ3n) is 6.10. The molecule has 1 saturated heterocycles. The van der Waals surface area contributed by atoms with E-state index >= 15 is 0 Å². The highest BCUT2D eigenvalue weighted by molar-refractivity contribution is 5.94. The fraction of sp³-hybridized carbons (Fsp3) is 0.185. The second kappa shape index (κ2) is 9.76. The number of halogens is 3. The second-order valence-electron chi connectivity index (χ2n) is 8.48. The monoisotopic (exact) mass is 476 g/mol. The van der Waals surface area contributed by atoms with Crippen LogP contribution in [0.5, 0.6) is 0 Å². The lowest BCUT2D eigenvalue weighted by Crippen LogP contribution is -2.48. The van der Waals surface area contributed by atoms with Crippen molar-refractivity contribution in [2.75, 3.05) is 26.2 Å². The first kappa shape index (κ1) is 22.9. The van der Waals surface area contributed by atoms with Gasteiger partial charge in [0.05, 0.1) is 23.5 Å². The molecule has 0 aliphatic carbocycles. The van der Waals surface area contributed by atoms with Crippen molar-refractivity contribution in [1.82, 2.24) is 19.8 Å². The molecule has 1 aliphatic rings. The van der Waals surface area contributed by atoms with Gasteiger partial charge in [-0.25, -0.2) is 18.2 Å². The van der Waals surface area contributed by atoms with E-state index in [0.29, 0.717) is 61.1 Å². The van der Waals surface area contributed by atoms with Gasteiger partial charge in [-0.15, -0.1) is 0 Å². The van der Waals surface area contributed by atoms with Crippen molar-refractivity contribution in [3.8, 4) is 22.5 Å². The summed E-state index contributed by atoms with van der Waals surface area (Å²) in [6.45, 7) is 2.57. The number of piperazine rings is 1. The molecule has 1 N–H and O–H groups in total. The molecule has 35 heavy (non-hydrogen) atoms. The van der Waals surface area contributed by atoms with Crippen LogP contribution in [-0.4, -0.2) is 51.9 Å². The summed E-state index contributed by atoms with van der Waals surface area (Å²) in [5.74, 6) is -0.947. The Morgan fingerprint density at radius 1 is 0.829 bits per heavy atom. The first-order valence-corrected chi connectivity index (χ1v) is 11.3. The molecule has 0 atom stereocenters. The lowest BCUT2D eigenvalue weighted by atomic mass is 10.0. The summed E-state index contributed by atoms with van der Waals surface area (Å²) in [6.07, 6.45) is 0. The van der Waals surface area contributed by atoms with Crippen LogP contribution in [0.4, 0.5) is 13.2 Å². The molecule has 2 heterocycles. The van der Waals surface area contributed by atoms with Gasteiger partial charge < -0.3 is 9.88 Å². The van der Waals surface area contributed by atoms with Crippen molar-refractivity contribution in [1.29, 1.82) is 0 Å². The van der Waals surface area contributed by atoms with Crippen LogP contribution in [0.25, 0.3) is 22.5 Å². The molecule has 1 fully saturated rings. The number of nitrogens with one attached hydrogen (secondary N) is 1. The highest BCUT2D eigenvalue weighted by Gasteiger charge is 2.25. The molecule has 0 unspecified atom stereocenters. The van der Waals surface area contributed by atoms with E-state index in [-0.39, 0.29) is 23.1 Å². The summed E-state index contributed by atoms with van der Waals surface area (Å²) in [4.78, 5) is 24.5. The zero-order valence-corrected chi connectivity index (χ0v) is 18.8. The molecule has 5 nitrogen and oxygen atoms in total. The second-order valence-corrected chi connectivity index (χ2v) is 8.48. The van der Waals surface area contributed by atoms with Crippen molar-refractivity contribution in [3.05, 3.63) is 102 Å². The van der Waals surface area contributed by atoms with Crippen LogP contribution in [0.15, 0.2) is 72.8 Å². The summed E-state index contributed by atoms with van der Waals surface area (Å²) < 4.78 is 41.9. The Kier molecular flexibility index (Phi) is 6.37. The van der Waals surface area contributed by atoms with Crippen LogP contribution in [-0.2, 0) is 6.54 Å². The Labute approximate surface area is 200 Å². The third kappa shape index (κ3) is 4.97. The van der Waals surface area contributed by atoms with Gasteiger partial charge in [0.25, 0.3) is 5.91 Å². The summed E-state index contributed by atoms with van der Waals surface area (Å²) in [7, 11) is 0. The van der Waals surface area contributed by atoms with Crippen molar-refractivity contribution in [2.24, 2.45) is 0 Å². The molecule has 4 aromatic rings. The number of hydrogen-bond acceptors (Lipinski definition) is 3. The van der Waals surface area contributed by atoms with Gasteiger partial charge in [-0.1, -0.05) is 36.4 Å². The largest absolute Gasteiger partial charge is 0.340 e. The minimum Gasteiger partial charge on any atom is -0.340 e. The minimum absolute atomic E-state index is 0.0754. The zero-order valence-electron chi connectivity index (χ0n) is 18.8. The van der Waals surface area contributed by atoms with Crippen molar-refractivity contribution in [3.63, 3.8) is 0 Å². The maximum absolute atomic E-state index is 14.0. The van der Waals surface area contributed by atoms with E-state index in [1.54, 1.807) is 41.3 Å². The van der Waals surface area contributed by atoms with Crippen molar-refractivity contribution < 1.29 is 18.0 Å². The van der Waals surface area contributed by atoms with E-state index in [1.807, 2.05) is 0 Å². The number of rotatable bonds is 5. The summed E-state index contributed by atoms with van der Waals surface area (Å²) in [5.41, 5.74) is 2.43. The quantitative estimate of drug-likeness (QED) is 0.435. The molecular weight excluding hydrogens is 453 g/mol. The molecule has 8 heteroatoms. The average Bonchev–Trinajstić information content (AvgIpc) is 3.28. The fourth-order valence-corrected chi connectivity index (χ4v) is 4.32. The first-order valence-electron chi connectivity index (χ1n) is 11.3. The van der Waals surface area contributed by atoms with Gasteiger partial charge in [-0.05, 0) is 36.4 Å². The SMILES string of the molecule is O=C(c1ccccc1F)N1CCN(Cc2nc(-c3cccc(F)c3)c(-c3cccc(F)c3)[nH]2)CC1. The fourth-order valence-electron chi connectivity index (χ4n) is 4.32. The number of carbonyl (C=O) groups excluding carboxylic acids is 1. The van der Waals surface area contributed by atoms with E-state index in [0.717, 1.165) is 0 Å². The number of benzene rings is 3. The lowest BCUT2D eigenvalue weighted by molar-refractivity contribution is 0.0621. The zero-order chi connectivity index (χ0) is 24.4. The van der Waals surface area contributed by atoms with E-state index in [1.165, 1.54) is 36.4 Å². The van der Waals surface area contributed by atoms with Crippen LogP contribution in [0.1, 0.15) is 16.2 Å². The maximum Gasteiger partial charge on any atom is 0.256 e. The highest BCUT2D eigenvalue weighted by Crippen LogP contribution is 2.31. The Balaban J connectivity index is 1.34. The first-order chi connectivity index (χ1) is 17.0. The summed E-state index contributed by atoms with van der Waals surface area (Å²) >= 11 is 0. The number of carbonyl (C=O) groups is 1. The summed E-state index contributed by atoms with van der Waals surface area (Å²) in [6, 6.07) is 18.3. The van der Waals surface area contributed by atoms with Crippen LogP contribution in [0.2, 0.25) is 0 Å². The number of aromatic nitrogens is 2. The predicted molar refractivity (Wildman–Crippen MR) is 127 cm³/mol. The molecule has 0 spiro atoms. The van der Waals surface area contributed by atoms with Gasteiger partial charge in [0.2, 0.25) is 0 Å². The van der Waals surface area contributed by atoms with E-state index in [4.69, 9.17) is 4.98 Å². The normalized spacial score (nSPS) is 14.3. The van der Waals surface area contributed by atoms with Crippen LogP contribution in [0.3, 0.4) is 0 Å². The number of aromatic amines is 1. The molecule has 1 aromatic heterocycles. The molecular formula is C27H23F3N4O. The molecule has 178 valence electrons. The highest BCUT2D eigenvalue weighted by atomic mass is 19.1. The molecule has 1 aliphatic heterocycles. The number of H-pyrrole nitrogens is 1. The van der Waals surface area contributed by atoms with Crippen molar-refractivity contribution >= 4 is 5.91 Å². The lowest BCUT2D eigenvalue weighted by Gasteiger charge is -2.34. The smallest absolute Gasteiger partial charge is 0.256 e. The number of amides is 1. The average molecular weight is 477 g/mol. The van der Waals surface area contributed by atoms with Crippen LogP contribution < -0.4 is 0 Å². The van der Waals surface area contributed by atoms with Crippen molar-refractivity contribution in [2.45, 2.75) is 6.54 Å². The Bertz CT molecular complexity index is 1300. The van der Waals surface area contributed by atoms with Crippen LogP contribution >= 0.6 is 0 Å². The van der Waals surface area contributed by atoms with Crippen LogP contribution in [0, 0.1) is 17.5 Å². The molecule has 0 radical (unpaired) electrons. The number of hydrogen-bond donors (Lipinski definition) is 1. The van der Waals surface area contributed by atoms with E-state index in [9.17, 15) is 18.0 Å². The standard InChI is InChI=1S/C27H23F3N4O/c28-20-7-3-5-18(15-20)25-26(19-6-4-8-21(29)16-19)32-24(31-25)17-33-11-13-34(14-12-33)27(35)22-9-1-2-10-23(22)30/h1-10,15-16H,11-14,17H2,(H,31,32). The molecule has 1 amide bonds. The van der Waals surface area contributed by atoms with E-state index < -0.39 is 5.82 Å². The van der Waals surface area contributed by atoms with Gasteiger partial charge in [0.1, 0.15) is 23.3 Å². The van der Waals surface area contributed by atoms with Gasteiger partial charge in [-0.2, -0.15) is 0 Å². The summed E-state index contributed by atoms with van der Waals surface area (Å²) in [5, 5.41) is 0. The number of imidazole rings is 1. The van der Waals surface area contributed by atoms with Gasteiger partial charge in [0.15, 0.2) is 0 Å². The van der Waals surface area contributed by atoms with Gasteiger partial charge in [-0.3, -0.25) is 9.69 Å².